The zero-order chi connectivity index (χ0) is 15.3. The molecule has 0 spiro atoms. The maximum Gasteiger partial charge on any atom is 0.284 e. The first-order chi connectivity index (χ1) is 10.3. The molecule has 0 aliphatic heterocycles. The highest BCUT2D eigenvalue weighted by Crippen LogP contribution is 2.20. The fourth-order valence-electron chi connectivity index (χ4n) is 2.70. The molecule has 0 saturated heterocycles. The zero-order valence-corrected chi connectivity index (χ0v) is 14.2. The van der Waals surface area contributed by atoms with Gasteiger partial charge in [-0.3, -0.25) is 0 Å². The quantitative estimate of drug-likeness (QED) is 0.268. The Morgan fingerprint density at radius 2 is 1.38 bits per heavy atom. The van der Waals surface area contributed by atoms with E-state index in [-0.39, 0.29) is 0 Å². The van der Waals surface area contributed by atoms with Gasteiger partial charge in [0.1, 0.15) is 0 Å². The van der Waals surface area contributed by atoms with E-state index in [0.717, 1.165) is 18.4 Å². The molecule has 0 unspecified atom stereocenters. The molecule has 0 radical (unpaired) electrons. The summed E-state index contributed by atoms with van der Waals surface area (Å²) < 4.78 is 0.561. The van der Waals surface area contributed by atoms with Crippen molar-refractivity contribution in [1.82, 2.24) is 0 Å². The van der Waals surface area contributed by atoms with Crippen LogP contribution in [0.3, 0.4) is 0 Å². The summed E-state index contributed by atoms with van der Waals surface area (Å²) in [6.45, 7) is 2.26. The molecule has 0 aliphatic rings. The second-order valence-corrected chi connectivity index (χ2v) is 6.15. The molecule has 0 atom stereocenters. The monoisotopic (exact) mass is 307 g/mol. The van der Waals surface area contributed by atoms with E-state index in [9.17, 15) is 5.21 Å². The Hall–Kier alpha value is -0.960. The summed E-state index contributed by atoms with van der Waals surface area (Å²) in [5.74, 6) is 0. The lowest BCUT2D eigenvalue weighted by Gasteiger charge is -2.05. The maximum absolute atomic E-state index is 11.3. The highest BCUT2D eigenvalue weighted by molar-refractivity contribution is 7.44. The molecule has 0 amide bonds. The normalized spacial score (nSPS) is 10.7. The second kappa shape index (κ2) is 11.7. The number of hydrogen-bond donors (Lipinski definition) is 0. The Morgan fingerprint density at radius 3 is 1.95 bits per heavy atom. The minimum atomic E-state index is 0.561. The number of nitrogens with zero attached hydrogens (tertiary/aromatic N) is 1. The van der Waals surface area contributed by atoms with E-state index in [0.29, 0.717) is 9.80 Å². The smallest absolute Gasteiger partial charge is 0.284 e. The first kappa shape index (κ1) is 18.1. The SMILES string of the molecule is CCCCCCCCCCCCc1ccccc1[N+]([O-])=S. The van der Waals surface area contributed by atoms with Crippen LogP contribution in [0.1, 0.15) is 76.7 Å². The molecule has 1 aromatic rings. The van der Waals surface area contributed by atoms with Gasteiger partial charge in [-0.2, -0.15) is 0 Å². The van der Waals surface area contributed by atoms with E-state index in [1.807, 2.05) is 24.3 Å². The van der Waals surface area contributed by atoms with Gasteiger partial charge >= 0.3 is 0 Å². The number of aryl methyl sites for hydroxylation is 1. The van der Waals surface area contributed by atoms with Crippen molar-refractivity contribution in [2.24, 2.45) is 0 Å². The van der Waals surface area contributed by atoms with Crippen LogP contribution >= 0.6 is 0 Å². The molecule has 0 bridgehead atoms. The third-order valence-corrected chi connectivity index (χ3v) is 4.18. The minimum Gasteiger partial charge on any atom is -0.605 e. The summed E-state index contributed by atoms with van der Waals surface area (Å²) >= 11 is 4.69. The van der Waals surface area contributed by atoms with Crippen molar-refractivity contribution >= 4 is 18.1 Å². The molecule has 0 aliphatic carbocycles. The van der Waals surface area contributed by atoms with Gasteiger partial charge in [0.25, 0.3) is 12.4 Å². The minimum absolute atomic E-state index is 0.561. The molecule has 0 saturated carbocycles. The Morgan fingerprint density at radius 1 is 0.857 bits per heavy atom. The Bertz CT molecular complexity index is 406. The van der Waals surface area contributed by atoms with Crippen LogP contribution in [0.4, 0.5) is 5.69 Å². The van der Waals surface area contributed by atoms with Crippen molar-refractivity contribution in [3.63, 3.8) is 0 Å². The number of benzene rings is 1. The lowest BCUT2D eigenvalue weighted by atomic mass is 10.0. The summed E-state index contributed by atoms with van der Waals surface area (Å²) in [6.07, 6.45) is 14.3. The Balaban J connectivity index is 2.06. The zero-order valence-electron chi connectivity index (χ0n) is 13.4. The van der Waals surface area contributed by atoms with Gasteiger partial charge in [0.15, 0.2) is 0 Å². The molecule has 1 rings (SSSR count). The van der Waals surface area contributed by atoms with E-state index in [1.165, 1.54) is 57.8 Å². The molecule has 21 heavy (non-hydrogen) atoms. The van der Waals surface area contributed by atoms with Crippen LogP contribution in [0.2, 0.25) is 0 Å². The average molecular weight is 308 g/mol. The van der Waals surface area contributed by atoms with Gasteiger partial charge in [0, 0.05) is 11.6 Å². The van der Waals surface area contributed by atoms with E-state index >= 15 is 0 Å². The fraction of sp³-hybridized carbons (Fsp3) is 0.667. The highest BCUT2D eigenvalue weighted by Gasteiger charge is 2.08. The number of para-hydroxylation sites is 1. The first-order valence-corrected chi connectivity index (χ1v) is 8.84. The molecule has 0 aromatic heterocycles. The molecule has 3 heteroatoms. The molecule has 2 nitrogen and oxygen atoms in total. The van der Waals surface area contributed by atoms with Crippen molar-refractivity contribution in [2.75, 3.05) is 0 Å². The molecule has 118 valence electrons. The van der Waals surface area contributed by atoms with Gasteiger partial charge in [-0.1, -0.05) is 87.0 Å². The standard InChI is InChI=1S/C18H29NOS/c1-2-3-4-5-6-7-8-9-10-11-14-17-15-12-13-16-18(17)19(20)21/h12-13,15-16H,2-11,14H2,1H3. The number of hydrogen-bond acceptors (Lipinski definition) is 2. The van der Waals surface area contributed by atoms with Crippen LogP contribution in [0, 0.1) is 5.21 Å². The maximum atomic E-state index is 11.3. The van der Waals surface area contributed by atoms with Crippen LogP contribution < -0.4 is 0 Å². The second-order valence-electron chi connectivity index (χ2n) is 5.82. The molecular weight excluding hydrogens is 278 g/mol. The van der Waals surface area contributed by atoms with Gasteiger partial charge in [-0.25, -0.2) is 0 Å². The molecule has 0 fully saturated rings. The summed E-state index contributed by atoms with van der Waals surface area (Å²) in [5.41, 5.74) is 1.73. The Kier molecular flexibility index (Phi) is 10.1. The van der Waals surface area contributed by atoms with Crippen LogP contribution in [-0.2, 0) is 18.8 Å². The molecule has 0 N–H and O–H groups in total. The van der Waals surface area contributed by atoms with E-state index in [1.54, 1.807) is 0 Å². The Labute approximate surface area is 135 Å². The van der Waals surface area contributed by atoms with Gasteiger partial charge in [-0.15, -0.1) is 0 Å². The summed E-state index contributed by atoms with van der Waals surface area (Å²) in [5, 5.41) is 11.3. The van der Waals surface area contributed by atoms with Crippen molar-refractivity contribution < 1.29 is 4.11 Å². The van der Waals surface area contributed by atoms with Crippen LogP contribution in [0.5, 0.6) is 0 Å². The first-order valence-electron chi connectivity index (χ1n) is 8.48. The summed E-state index contributed by atoms with van der Waals surface area (Å²) in [4.78, 5) is 0. The van der Waals surface area contributed by atoms with Crippen molar-refractivity contribution in [1.29, 1.82) is 0 Å². The van der Waals surface area contributed by atoms with Gasteiger partial charge in [-0.05, 0) is 12.8 Å². The van der Waals surface area contributed by atoms with E-state index < -0.39 is 0 Å². The molecule has 0 heterocycles. The molecular formula is C18H29NOS. The lowest BCUT2D eigenvalue weighted by molar-refractivity contribution is -0.325. The highest BCUT2D eigenvalue weighted by atomic mass is 32.1. The van der Waals surface area contributed by atoms with E-state index in [4.69, 9.17) is 12.4 Å². The lowest BCUT2D eigenvalue weighted by Crippen LogP contribution is -1.95. The van der Waals surface area contributed by atoms with Crippen LogP contribution in [0.15, 0.2) is 24.3 Å². The third-order valence-electron chi connectivity index (χ3n) is 3.99. The van der Waals surface area contributed by atoms with Crippen molar-refractivity contribution in [3.05, 3.63) is 35.0 Å². The molecule has 1 aromatic carbocycles. The van der Waals surface area contributed by atoms with Gasteiger partial charge < -0.3 is 5.21 Å². The van der Waals surface area contributed by atoms with Gasteiger partial charge in [0.05, 0.1) is 0 Å². The van der Waals surface area contributed by atoms with Crippen LogP contribution in [0.25, 0.3) is 0 Å². The van der Waals surface area contributed by atoms with Crippen LogP contribution in [-0.4, -0.2) is 4.11 Å². The average Bonchev–Trinajstić information content (AvgIpc) is 2.49. The number of rotatable bonds is 12. The van der Waals surface area contributed by atoms with E-state index in [2.05, 4.69) is 6.92 Å². The van der Waals surface area contributed by atoms with Crippen molar-refractivity contribution in [2.45, 2.75) is 77.6 Å². The summed E-state index contributed by atoms with van der Waals surface area (Å²) in [6, 6.07) is 7.68. The fourth-order valence-corrected chi connectivity index (χ4v) is 2.88. The largest absolute Gasteiger partial charge is 0.605 e. The predicted octanol–water partition coefficient (Wildman–Crippen LogP) is 6.02. The summed E-state index contributed by atoms with van der Waals surface area (Å²) in [7, 11) is 0. The predicted molar refractivity (Wildman–Crippen MR) is 92.6 cm³/mol. The van der Waals surface area contributed by atoms with Crippen molar-refractivity contribution in [3.8, 4) is 0 Å². The topological polar surface area (TPSA) is 26.1 Å². The van der Waals surface area contributed by atoms with Gasteiger partial charge in [0.2, 0.25) is 5.69 Å². The number of unbranched alkanes of at least 4 members (excludes halogenated alkanes) is 9. The third kappa shape index (κ3) is 8.15.